The predicted octanol–water partition coefficient (Wildman–Crippen LogP) is 2.18. The summed E-state index contributed by atoms with van der Waals surface area (Å²) in [7, 11) is 0. The quantitative estimate of drug-likeness (QED) is 0.778. The third-order valence-corrected chi connectivity index (χ3v) is 3.71. The van der Waals surface area contributed by atoms with Crippen LogP contribution in [0.25, 0.3) is 0 Å². The summed E-state index contributed by atoms with van der Waals surface area (Å²) in [5, 5.41) is 2.52. The molecule has 1 unspecified atom stereocenters. The number of benzene rings is 1. The van der Waals surface area contributed by atoms with Crippen molar-refractivity contribution in [1.82, 2.24) is 10.2 Å². The first-order valence-corrected chi connectivity index (χ1v) is 7.94. The summed E-state index contributed by atoms with van der Waals surface area (Å²) in [5.41, 5.74) is 0.490. The molecule has 26 heavy (non-hydrogen) atoms. The van der Waals surface area contributed by atoms with Crippen LogP contribution < -0.4 is 10.1 Å². The summed E-state index contributed by atoms with van der Waals surface area (Å²) in [4.78, 5) is 24.9. The summed E-state index contributed by atoms with van der Waals surface area (Å²) in [6.45, 7) is 4.35. The summed E-state index contributed by atoms with van der Waals surface area (Å²) >= 11 is 0. The lowest BCUT2D eigenvalue weighted by atomic mass is 10.1. The highest BCUT2D eigenvalue weighted by Crippen LogP contribution is 2.28. The summed E-state index contributed by atoms with van der Waals surface area (Å²) in [6, 6.07) is 5.50. The smallest absolute Gasteiger partial charge is 0.406 e. The van der Waals surface area contributed by atoms with Crippen molar-refractivity contribution in [2.75, 3.05) is 26.2 Å². The Balaban J connectivity index is 1.95. The number of nitrogens with one attached hydrogen (secondary N) is 1. The van der Waals surface area contributed by atoms with Crippen LogP contribution in [0.3, 0.4) is 0 Å². The number of hydrogen-bond acceptors (Lipinski definition) is 4. The Morgan fingerprint density at radius 2 is 2.19 bits per heavy atom. The summed E-state index contributed by atoms with van der Waals surface area (Å²) in [5.74, 6) is -0.876. The molecule has 1 fully saturated rings. The molecule has 142 valence electrons. The Kier molecular flexibility index (Phi) is 6.62. The average molecular weight is 372 g/mol. The normalized spacial score (nSPS) is 17.5. The van der Waals surface area contributed by atoms with Gasteiger partial charge < -0.3 is 19.7 Å². The Hall–Kier alpha value is -2.55. The fraction of sp³-hybridized carbons (Fsp3) is 0.412. The Morgan fingerprint density at radius 1 is 1.42 bits per heavy atom. The highest BCUT2D eigenvalue weighted by Gasteiger charge is 2.32. The van der Waals surface area contributed by atoms with E-state index in [0.29, 0.717) is 12.1 Å². The highest BCUT2D eigenvalue weighted by atomic mass is 19.4. The van der Waals surface area contributed by atoms with Gasteiger partial charge in [-0.2, -0.15) is 0 Å². The van der Waals surface area contributed by atoms with Crippen LogP contribution in [-0.4, -0.2) is 49.3 Å². The van der Waals surface area contributed by atoms with Gasteiger partial charge in [-0.3, -0.25) is 9.59 Å². The van der Waals surface area contributed by atoms with Crippen molar-refractivity contribution >= 4 is 11.8 Å². The summed E-state index contributed by atoms with van der Waals surface area (Å²) in [6.07, 6.45) is -4.09. The van der Waals surface area contributed by atoms with Crippen LogP contribution in [0.5, 0.6) is 5.75 Å². The second kappa shape index (κ2) is 8.70. The standard InChI is InChI=1S/C17H19F3N2O4/c1-2-15(23)21-7-6-16(24)22-8-9-25-14(11-22)12-4-3-5-13(10-12)26-17(18,19)20/h2-5,10,14H,1,6-9,11H2,(H,21,23). The lowest BCUT2D eigenvalue weighted by Gasteiger charge is -2.33. The van der Waals surface area contributed by atoms with E-state index in [-0.39, 0.29) is 43.7 Å². The molecule has 0 radical (unpaired) electrons. The number of amides is 2. The van der Waals surface area contributed by atoms with Gasteiger partial charge in [-0.05, 0) is 23.8 Å². The first-order valence-electron chi connectivity index (χ1n) is 7.94. The highest BCUT2D eigenvalue weighted by molar-refractivity contribution is 5.87. The Bertz CT molecular complexity index is 664. The molecule has 0 bridgehead atoms. The van der Waals surface area contributed by atoms with Gasteiger partial charge in [0.25, 0.3) is 0 Å². The number of morpholine rings is 1. The zero-order chi connectivity index (χ0) is 19.2. The minimum atomic E-state index is -4.77. The number of hydrogen-bond donors (Lipinski definition) is 1. The van der Waals surface area contributed by atoms with Crippen molar-refractivity contribution in [2.24, 2.45) is 0 Å². The van der Waals surface area contributed by atoms with Crippen LogP contribution in [0.1, 0.15) is 18.1 Å². The maximum absolute atomic E-state index is 12.3. The number of carbonyl (C=O) groups excluding carboxylic acids is 2. The Morgan fingerprint density at radius 3 is 2.88 bits per heavy atom. The number of ether oxygens (including phenoxy) is 2. The lowest BCUT2D eigenvalue weighted by Crippen LogP contribution is -2.43. The van der Waals surface area contributed by atoms with Crippen LogP contribution in [0.4, 0.5) is 13.2 Å². The first-order chi connectivity index (χ1) is 12.3. The van der Waals surface area contributed by atoms with E-state index in [1.54, 1.807) is 11.0 Å². The van der Waals surface area contributed by atoms with Gasteiger partial charge in [-0.1, -0.05) is 18.7 Å². The zero-order valence-corrected chi connectivity index (χ0v) is 13.9. The van der Waals surface area contributed by atoms with Crippen molar-refractivity contribution in [2.45, 2.75) is 18.9 Å². The molecule has 2 amide bonds. The van der Waals surface area contributed by atoms with Crippen molar-refractivity contribution in [3.63, 3.8) is 0 Å². The number of carbonyl (C=O) groups is 2. The summed E-state index contributed by atoms with van der Waals surface area (Å²) < 4.78 is 46.5. The monoisotopic (exact) mass is 372 g/mol. The van der Waals surface area contributed by atoms with Crippen LogP contribution >= 0.6 is 0 Å². The molecule has 9 heteroatoms. The molecule has 2 rings (SSSR count). The van der Waals surface area contributed by atoms with E-state index >= 15 is 0 Å². The van der Waals surface area contributed by atoms with E-state index in [4.69, 9.17) is 4.74 Å². The van der Waals surface area contributed by atoms with Gasteiger partial charge in [0.2, 0.25) is 11.8 Å². The van der Waals surface area contributed by atoms with Crippen LogP contribution in [-0.2, 0) is 14.3 Å². The number of halogens is 3. The van der Waals surface area contributed by atoms with Gasteiger partial charge in [-0.15, -0.1) is 13.2 Å². The molecule has 1 heterocycles. The minimum Gasteiger partial charge on any atom is -0.406 e. The molecular weight excluding hydrogens is 353 g/mol. The molecule has 1 aliphatic rings. The molecule has 0 saturated carbocycles. The zero-order valence-electron chi connectivity index (χ0n) is 13.9. The van der Waals surface area contributed by atoms with Gasteiger partial charge in [-0.25, -0.2) is 0 Å². The first kappa shape index (κ1) is 19.8. The van der Waals surface area contributed by atoms with Gasteiger partial charge in [0.15, 0.2) is 0 Å². The Labute approximate surface area is 148 Å². The SMILES string of the molecule is C=CC(=O)NCCC(=O)N1CCOC(c2cccc(OC(F)(F)F)c2)C1. The maximum atomic E-state index is 12.3. The molecule has 1 aromatic rings. The van der Waals surface area contributed by atoms with Crippen LogP contribution in [0.15, 0.2) is 36.9 Å². The largest absolute Gasteiger partial charge is 0.573 e. The molecule has 1 aliphatic heterocycles. The van der Waals surface area contributed by atoms with Gasteiger partial charge in [0.1, 0.15) is 11.9 Å². The number of rotatable bonds is 6. The van der Waals surface area contributed by atoms with Crippen molar-refractivity contribution < 1.29 is 32.2 Å². The lowest BCUT2D eigenvalue weighted by molar-refractivity contribution is -0.274. The molecule has 1 N–H and O–H groups in total. The third-order valence-electron chi connectivity index (χ3n) is 3.71. The van der Waals surface area contributed by atoms with Crippen molar-refractivity contribution in [3.8, 4) is 5.75 Å². The second-order valence-corrected chi connectivity index (χ2v) is 5.56. The van der Waals surface area contributed by atoms with E-state index < -0.39 is 12.5 Å². The molecule has 0 spiro atoms. The van der Waals surface area contributed by atoms with E-state index in [1.165, 1.54) is 18.2 Å². The molecule has 6 nitrogen and oxygen atoms in total. The number of nitrogens with zero attached hydrogens (tertiary/aromatic N) is 1. The molecule has 1 atom stereocenters. The van der Waals surface area contributed by atoms with E-state index in [9.17, 15) is 22.8 Å². The fourth-order valence-electron chi connectivity index (χ4n) is 2.51. The van der Waals surface area contributed by atoms with Gasteiger partial charge in [0.05, 0.1) is 13.2 Å². The van der Waals surface area contributed by atoms with E-state index in [1.807, 2.05) is 0 Å². The van der Waals surface area contributed by atoms with Crippen molar-refractivity contribution in [1.29, 1.82) is 0 Å². The van der Waals surface area contributed by atoms with Crippen molar-refractivity contribution in [3.05, 3.63) is 42.5 Å². The fourth-order valence-corrected chi connectivity index (χ4v) is 2.51. The number of alkyl halides is 3. The van der Waals surface area contributed by atoms with Crippen LogP contribution in [0, 0.1) is 0 Å². The second-order valence-electron chi connectivity index (χ2n) is 5.56. The predicted molar refractivity (Wildman–Crippen MR) is 86.2 cm³/mol. The average Bonchev–Trinajstić information content (AvgIpc) is 2.60. The van der Waals surface area contributed by atoms with Gasteiger partial charge >= 0.3 is 6.36 Å². The minimum absolute atomic E-state index is 0.115. The van der Waals surface area contributed by atoms with E-state index in [2.05, 4.69) is 16.6 Å². The molecular formula is C17H19F3N2O4. The third kappa shape index (κ3) is 6.07. The van der Waals surface area contributed by atoms with E-state index in [0.717, 1.165) is 6.08 Å². The maximum Gasteiger partial charge on any atom is 0.573 e. The molecule has 0 aliphatic carbocycles. The van der Waals surface area contributed by atoms with Crippen LogP contribution in [0.2, 0.25) is 0 Å². The van der Waals surface area contributed by atoms with Gasteiger partial charge in [0, 0.05) is 19.5 Å². The molecule has 0 aromatic heterocycles. The molecule has 1 saturated heterocycles. The molecule has 1 aromatic carbocycles. The topological polar surface area (TPSA) is 67.9 Å².